The first-order valence-electron chi connectivity index (χ1n) is 5.96. The fourth-order valence-corrected chi connectivity index (χ4v) is 2.07. The average Bonchev–Trinajstić information content (AvgIpc) is 2.72. The maximum absolute atomic E-state index is 11.5. The summed E-state index contributed by atoms with van der Waals surface area (Å²) in [6.45, 7) is 4.22. The van der Waals surface area contributed by atoms with Gasteiger partial charge >= 0.3 is 5.97 Å². The van der Waals surface area contributed by atoms with Crippen LogP contribution in [-0.4, -0.2) is 24.7 Å². The summed E-state index contributed by atoms with van der Waals surface area (Å²) in [6.07, 6.45) is 2.12. The van der Waals surface area contributed by atoms with Gasteiger partial charge < -0.3 is 14.5 Å². The van der Waals surface area contributed by atoms with E-state index < -0.39 is 0 Å². The topological polar surface area (TPSA) is 51.3 Å². The van der Waals surface area contributed by atoms with Gasteiger partial charge in [-0.3, -0.25) is 4.79 Å². The molecule has 0 amide bonds. The van der Waals surface area contributed by atoms with Gasteiger partial charge in [-0.15, -0.1) is 0 Å². The van der Waals surface area contributed by atoms with Crippen LogP contribution >= 0.6 is 0 Å². The van der Waals surface area contributed by atoms with Crippen molar-refractivity contribution >= 4 is 16.9 Å². The number of aromatic nitrogens is 1. The number of H-pyrrole nitrogens is 1. The number of esters is 1. The number of methoxy groups -OCH3 is 1. The monoisotopic (exact) mass is 247 g/mol. The number of carbonyl (C=O) groups excluding carboxylic acids is 1. The van der Waals surface area contributed by atoms with Gasteiger partial charge in [0.2, 0.25) is 0 Å². The Morgan fingerprint density at radius 3 is 2.83 bits per heavy atom. The Kier molecular flexibility index (Phi) is 3.55. The zero-order valence-corrected chi connectivity index (χ0v) is 10.9. The molecule has 1 aromatic heterocycles. The summed E-state index contributed by atoms with van der Waals surface area (Å²) < 4.78 is 10.3. The molecular formula is C14H17NO3. The van der Waals surface area contributed by atoms with Crippen LogP contribution in [0.2, 0.25) is 0 Å². The van der Waals surface area contributed by atoms with E-state index in [4.69, 9.17) is 9.47 Å². The molecule has 1 aromatic carbocycles. The molecule has 0 bridgehead atoms. The van der Waals surface area contributed by atoms with Crippen LogP contribution in [0.5, 0.6) is 5.75 Å². The lowest BCUT2D eigenvalue weighted by Gasteiger charge is -2.05. The highest BCUT2D eigenvalue weighted by Gasteiger charge is 2.12. The minimum Gasteiger partial charge on any atom is -0.495 e. The fourth-order valence-electron chi connectivity index (χ4n) is 2.07. The maximum atomic E-state index is 11.5. The van der Waals surface area contributed by atoms with Crippen LogP contribution in [0.3, 0.4) is 0 Å². The minimum absolute atomic E-state index is 0.209. The van der Waals surface area contributed by atoms with E-state index in [0.29, 0.717) is 6.61 Å². The lowest BCUT2D eigenvalue weighted by atomic mass is 10.1. The molecule has 2 rings (SSSR count). The van der Waals surface area contributed by atoms with Gasteiger partial charge in [0.05, 0.1) is 25.7 Å². The molecule has 96 valence electrons. The molecule has 0 unspecified atom stereocenters. The molecule has 0 spiro atoms. The summed E-state index contributed by atoms with van der Waals surface area (Å²) in [4.78, 5) is 14.7. The zero-order chi connectivity index (χ0) is 13.1. The van der Waals surface area contributed by atoms with Gasteiger partial charge in [0, 0.05) is 11.6 Å². The first-order valence-corrected chi connectivity index (χ1v) is 5.96. The SMILES string of the molecule is CCOC(=O)Cc1c[nH]c2c(OC)cc(C)cc12. The van der Waals surface area contributed by atoms with Crippen molar-refractivity contribution in [1.82, 2.24) is 4.98 Å². The van der Waals surface area contributed by atoms with Crippen LogP contribution in [0.15, 0.2) is 18.3 Å². The summed E-state index contributed by atoms with van der Waals surface area (Å²) in [5.41, 5.74) is 2.96. The molecule has 0 radical (unpaired) electrons. The van der Waals surface area contributed by atoms with Crippen LogP contribution in [0.25, 0.3) is 10.9 Å². The number of hydrogen-bond acceptors (Lipinski definition) is 3. The number of nitrogens with one attached hydrogen (secondary N) is 1. The Hall–Kier alpha value is -1.97. The Balaban J connectivity index is 2.41. The second kappa shape index (κ2) is 5.12. The van der Waals surface area contributed by atoms with Crippen molar-refractivity contribution in [3.05, 3.63) is 29.5 Å². The van der Waals surface area contributed by atoms with E-state index in [-0.39, 0.29) is 12.4 Å². The van der Waals surface area contributed by atoms with Crippen molar-refractivity contribution in [2.75, 3.05) is 13.7 Å². The van der Waals surface area contributed by atoms with Gasteiger partial charge in [0.25, 0.3) is 0 Å². The summed E-state index contributed by atoms with van der Waals surface area (Å²) in [7, 11) is 1.64. The van der Waals surface area contributed by atoms with Gasteiger partial charge in [-0.05, 0) is 37.1 Å². The lowest BCUT2D eigenvalue weighted by molar-refractivity contribution is -0.142. The number of carbonyl (C=O) groups is 1. The van der Waals surface area contributed by atoms with Crippen LogP contribution < -0.4 is 4.74 Å². The van der Waals surface area contributed by atoms with Crippen molar-refractivity contribution in [1.29, 1.82) is 0 Å². The van der Waals surface area contributed by atoms with E-state index in [0.717, 1.165) is 27.8 Å². The quantitative estimate of drug-likeness (QED) is 0.845. The van der Waals surface area contributed by atoms with Gasteiger partial charge in [0.15, 0.2) is 0 Å². The van der Waals surface area contributed by atoms with Crippen molar-refractivity contribution in [3.8, 4) is 5.75 Å². The van der Waals surface area contributed by atoms with Gasteiger partial charge in [-0.1, -0.05) is 0 Å². The normalized spacial score (nSPS) is 10.6. The average molecular weight is 247 g/mol. The molecule has 18 heavy (non-hydrogen) atoms. The lowest BCUT2D eigenvalue weighted by Crippen LogP contribution is -2.06. The third kappa shape index (κ3) is 2.32. The maximum Gasteiger partial charge on any atom is 0.310 e. The summed E-state index contributed by atoms with van der Waals surface area (Å²) in [6, 6.07) is 4.01. The molecule has 0 saturated heterocycles. The molecule has 4 nitrogen and oxygen atoms in total. The third-order valence-corrected chi connectivity index (χ3v) is 2.84. The smallest absolute Gasteiger partial charge is 0.310 e. The molecule has 1 N–H and O–H groups in total. The molecule has 4 heteroatoms. The highest BCUT2D eigenvalue weighted by atomic mass is 16.5. The molecule has 0 aliphatic rings. The largest absolute Gasteiger partial charge is 0.495 e. The zero-order valence-electron chi connectivity index (χ0n) is 10.9. The minimum atomic E-state index is -0.209. The number of ether oxygens (including phenoxy) is 2. The van der Waals surface area contributed by atoms with Gasteiger partial charge in [-0.25, -0.2) is 0 Å². The number of hydrogen-bond donors (Lipinski definition) is 1. The van der Waals surface area contributed by atoms with E-state index in [1.807, 2.05) is 25.3 Å². The summed E-state index contributed by atoms with van der Waals surface area (Å²) in [5.74, 6) is 0.582. The summed E-state index contributed by atoms with van der Waals surface area (Å²) >= 11 is 0. The summed E-state index contributed by atoms with van der Waals surface area (Å²) in [5, 5.41) is 1.01. The fraction of sp³-hybridized carbons (Fsp3) is 0.357. The standard InChI is InChI=1S/C14H17NO3/c1-4-18-13(16)7-10-8-15-14-11(10)5-9(2)6-12(14)17-3/h5-6,8,15H,4,7H2,1-3H3. The first kappa shape index (κ1) is 12.5. The van der Waals surface area contributed by atoms with E-state index >= 15 is 0 Å². The van der Waals surface area contributed by atoms with E-state index in [1.54, 1.807) is 14.0 Å². The van der Waals surface area contributed by atoms with Crippen LogP contribution in [0, 0.1) is 6.92 Å². The second-order valence-corrected chi connectivity index (χ2v) is 4.19. The highest BCUT2D eigenvalue weighted by Crippen LogP contribution is 2.29. The van der Waals surface area contributed by atoms with Crippen molar-refractivity contribution in [2.45, 2.75) is 20.3 Å². The predicted molar refractivity (Wildman–Crippen MR) is 69.9 cm³/mol. The molecule has 0 fully saturated rings. The Morgan fingerprint density at radius 1 is 1.39 bits per heavy atom. The molecule has 0 aliphatic carbocycles. The van der Waals surface area contributed by atoms with Crippen molar-refractivity contribution in [2.24, 2.45) is 0 Å². The first-order chi connectivity index (χ1) is 8.65. The Bertz CT molecular complexity index is 572. The van der Waals surface area contributed by atoms with Crippen LogP contribution in [0.4, 0.5) is 0 Å². The molecule has 2 aromatic rings. The number of aryl methyl sites for hydroxylation is 1. The van der Waals surface area contributed by atoms with Crippen molar-refractivity contribution < 1.29 is 14.3 Å². The molecular weight excluding hydrogens is 230 g/mol. The molecule has 1 heterocycles. The van der Waals surface area contributed by atoms with Gasteiger partial charge in [-0.2, -0.15) is 0 Å². The van der Waals surface area contributed by atoms with Gasteiger partial charge in [0.1, 0.15) is 5.75 Å². The van der Waals surface area contributed by atoms with Crippen molar-refractivity contribution in [3.63, 3.8) is 0 Å². The number of benzene rings is 1. The third-order valence-electron chi connectivity index (χ3n) is 2.84. The highest BCUT2D eigenvalue weighted by molar-refractivity contribution is 5.91. The molecule has 0 saturated carbocycles. The van der Waals surface area contributed by atoms with Crippen LogP contribution in [0.1, 0.15) is 18.1 Å². The number of fused-ring (bicyclic) bond motifs is 1. The number of rotatable bonds is 4. The van der Waals surface area contributed by atoms with E-state index in [2.05, 4.69) is 4.98 Å². The van der Waals surface area contributed by atoms with Crippen LogP contribution in [-0.2, 0) is 16.0 Å². The predicted octanol–water partition coefficient (Wildman–Crippen LogP) is 2.59. The van der Waals surface area contributed by atoms with E-state index in [1.165, 1.54) is 0 Å². The Morgan fingerprint density at radius 2 is 2.17 bits per heavy atom. The van der Waals surface area contributed by atoms with E-state index in [9.17, 15) is 4.79 Å². The number of aromatic amines is 1. The Labute approximate surface area is 106 Å². The second-order valence-electron chi connectivity index (χ2n) is 4.19. The molecule has 0 aliphatic heterocycles. The molecule has 0 atom stereocenters.